The number of aromatic nitrogens is 1. The number of H-pyrrole nitrogens is 1. The Bertz CT molecular complexity index is 1480. The summed E-state index contributed by atoms with van der Waals surface area (Å²) in [6.07, 6.45) is 0.626. The lowest BCUT2D eigenvalue weighted by Gasteiger charge is -2.31. The number of nitrogens with one attached hydrogen (secondary N) is 3. The van der Waals surface area contributed by atoms with Crippen LogP contribution in [0.15, 0.2) is 95.4 Å². The molecule has 3 aromatic carbocycles. The van der Waals surface area contributed by atoms with Crippen molar-refractivity contribution in [2.24, 2.45) is 0 Å². The number of benzene rings is 3. The SMILES string of the molecule is Cc1ccc(CNC(=O)[C@H]2Cc3c([nH]c4ccccc34)[C@@H](c3ccc(-c4ccccc4)cc3)N2)o1. The van der Waals surface area contributed by atoms with Crippen LogP contribution in [0, 0.1) is 6.92 Å². The first-order valence-corrected chi connectivity index (χ1v) is 12.0. The lowest BCUT2D eigenvalue weighted by molar-refractivity contribution is -0.123. The summed E-state index contributed by atoms with van der Waals surface area (Å²) in [5.74, 6) is 1.57. The van der Waals surface area contributed by atoms with Crippen LogP contribution < -0.4 is 10.6 Å². The first-order chi connectivity index (χ1) is 17.2. The van der Waals surface area contributed by atoms with Crippen LogP contribution >= 0.6 is 0 Å². The minimum absolute atomic E-state index is 0.0270. The Balaban J connectivity index is 1.32. The van der Waals surface area contributed by atoms with Crippen LogP contribution in [0.4, 0.5) is 0 Å². The Labute approximate surface area is 204 Å². The van der Waals surface area contributed by atoms with Crippen molar-refractivity contribution < 1.29 is 9.21 Å². The molecule has 5 nitrogen and oxygen atoms in total. The summed E-state index contributed by atoms with van der Waals surface area (Å²) in [5.41, 5.74) is 6.90. The standard InChI is InChI=1S/C30H27N3O2/c1-19-11-16-23(35-19)18-31-30(34)27-17-25-24-9-5-6-10-26(24)32-29(25)28(33-27)22-14-12-21(13-15-22)20-7-3-2-4-8-20/h2-16,27-28,32-33H,17-18H2,1H3,(H,31,34)/t27-,28-/m1/s1. The minimum atomic E-state index is -0.350. The predicted molar refractivity (Wildman–Crippen MR) is 138 cm³/mol. The molecular formula is C30H27N3O2. The molecule has 1 aliphatic rings. The predicted octanol–water partition coefficient (Wildman–Crippen LogP) is 5.66. The Morgan fingerprint density at radius 2 is 1.66 bits per heavy atom. The molecule has 35 heavy (non-hydrogen) atoms. The van der Waals surface area contributed by atoms with Crippen molar-refractivity contribution in [2.75, 3.05) is 0 Å². The van der Waals surface area contributed by atoms with E-state index < -0.39 is 0 Å². The third kappa shape index (κ3) is 4.15. The van der Waals surface area contributed by atoms with Crippen molar-refractivity contribution in [2.45, 2.75) is 32.0 Å². The molecule has 0 saturated heterocycles. The molecule has 0 fully saturated rings. The molecule has 5 heteroatoms. The fourth-order valence-electron chi connectivity index (χ4n) is 5.04. The lowest BCUT2D eigenvalue weighted by Crippen LogP contribution is -2.49. The summed E-state index contributed by atoms with van der Waals surface area (Å²) >= 11 is 0. The first kappa shape index (κ1) is 21.4. The van der Waals surface area contributed by atoms with Gasteiger partial charge in [-0.3, -0.25) is 10.1 Å². The number of aromatic amines is 1. The van der Waals surface area contributed by atoms with Gasteiger partial charge in [0, 0.05) is 16.6 Å². The number of hydrogen-bond acceptors (Lipinski definition) is 3. The molecule has 0 saturated carbocycles. The van der Waals surface area contributed by atoms with Gasteiger partial charge in [0.05, 0.1) is 18.6 Å². The Kier molecular flexibility index (Phi) is 5.47. The highest BCUT2D eigenvalue weighted by Gasteiger charge is 2.33. The van der Waals surface area contributed by atoms with E-state index in [1.807, 2.05) is 31.2 Å². The summed E-state index contributed by atoms with van der Waals surface area (Å²) < 4.78 is 5.62. The number of para-hydroxylation sites is 1. The second-order valence-electron chi connectivity index (χ2n) is 9.14. The van der Waals surface area contributed by atoms with Gasteiger partial charge in [-0.05, 0) is 53.8 Å². The third-order valence-corrected chi connectivity index (χ3v) is 6.81. The maximum absolute atomic E-state index is 13.2. The van der Waals surface area contributed by atoms with Crippen molar-refractivity contribution in [3.63, 3.8) is 0 Å². The van der Waals surface area contributed by atoms with E-state index in [0.717, 1.165) is 28.3 Å². The van der Waals surface area contributed by atoms with Crippen molar-refractivity contribution in [3.05, 3.63) is 119 Å². The molecule has 1 aliphatic heterocycles. The zero-order valence-electron chi connectivity index (χ0n) is 19.5. The normalized spacial score (nSPS) is 17.3. The lowest BCUT2D eigenvalue weighted by atomic mass is 9.89. The average Bonchev–Trinajstić information content (AvgIpc) is 3.50. The molecule has 3 N–H and O–H groups in total. The monoisotopic (exact) mass is 461 g/mol. The number of rotatable bonds is 5. The molecule has 0 unspecified atom stereocenters. The van der Waals surface area contributed by atoms with Crippen molar-refractivity contribution in [1.82, 2.24) is 15.6 Å². The summed E-state index contributed by atoms with van der Waals surface area (Å²) in [6.45, 7) is 2.28. The Morgan fingerprint density at radius 3 is 2.43 bits per heavy atom. The van der Waals surface area contributed by atoms with E-state index in [2.05, 4.69) is 82.3 Å². The highest BCUT2D eigenvalue weighted by molar-refractivity contribution is 5.88. The number of fused-ring (bicyclic) bond motifs is 3. The number of carbonyl (C=O) groups excluding carboxylic acids is 1. The first-order valence-electron chi connectivity index (χ1n) is 12.0. The molecule has 0 aliphatic carbocycles. The summed E-state index contributed by atoms with van der Waals surface area (Å²) in [5, 5.41) is 7.84. The maximum atomic E-state index is 13.2. The number of amides is 1. The van der Waals surface area contributed by atoms with Crippen LogP contribution in [-0.4, -0.2) is 16.9 Å². The smallest absolute Gasteiger partial charge is 0.237 e. The van der Waals surface area contributed by atoms with Crippen molar-refractivity contribution >= 4 is 16.8 Å². The van der Waals surface area contributed by atoms with E-state index in [-0.39, 0.29) is 18.0 Å². The Hall–Kier alpha value is -4.09. The van der Waals surface area contributed by atoms with E-state index in [9.17, 15) is 4.79 Å². The number of hydrogen-bond donors (Lipinski definition) is 3. The molecule has 174 valence electrons. The van der Waals surface area contributed by atoms with E-state index in [1.54, 1.807) is 0 Å². The second-order valence-corrected chi connectivity index (χ2v) is 9.14. The van der Waals surface area contributed by atoms with Crippen LogP contribution in [0.1, 0.15) is 34.4 Å². The highest BCUT2D eigenvalue weighted by atomic mass is 16.3. The van der Waals surface area contributed by atoms with Crippen LogP contribution in [0.5, 0.6) is 0 Å². The number of aryl methyl sites for hydroxylation is 1. The van der Waals surface area contributed by atoms with E-state index in [1.165, 1.54) is 22.1 Å². The molecule has 6 rings (SSSR count). The molecule has 0 radical (unpaired) electrons. The van der Waals surface area contributed by atoms with Crippen molar-refractivity contribution in [3.8, 4) is 11.1 Å². The summed E-state index contributed by atoms with van der Waals surface area (Å²) in [4.78, 5) is 16.9. The number of carbonyl (C=O) groups is 1. The zero-order valence-corrected chi connectivity index (χ0v) is 19.5. The third-order valence-electron chi connectivity index (χ3n) is 6.81. The van der Waals surface area contributed by atoms with Gasteiger partial charge >= 0.3 is 0 Å². The van der Waals surface area contributed by atoms with E-state index >= 15 is 0 Å². The number of furan rings is 1. The molecular weight excluding hydrogens is 434 g/mol. The summed E-state index contributed by atoms with van der Waals surface area (Å²) in [6, 6.07) is 30.6. The average molecular weight is 462 g/mol. The van der Waals surface area contributed by atoms with E-state index in [0.29, 0.717) is 13.0 Å². The molecule has 0 bridgehead atoms. The topological polar surface area (TPSA) is 70.1 Å². The van der Waals surface area contributed by atoms with Gasteiger partial charge in [0.25, 0.3) is 0 Å². The van der Waals surface area contributed by atoms with Gasteiger partial charge in [-0.2, -0.15) is 0 Å². The molecule has 3 heterocycles. The minimum Gasteiger partial charge on any atom is -0.465 e. The summed E-state index contributed by atoms with van der Waals surface area (Å²) in [7, 11) is 0. The zero-order chi connectivity index (χ0) is 23.8. The fraction of sp³-hybridized carbons (Fsp3) is 0.167. The van der Waals surface area contributed by atoms with Crippen LogP contribution in [0.25, 0.3) is 22.0 Å². The molecule has 5 aromatic rings. The van der Waals surface area contributed by atoms with Gasteiger partial charge in [-0.15, -0.1) is 0 Å². The maximum Gasteiger partial charge on any atom is 0.237 e. The van der Waals surface area contributed by atoms with Gasteiger partial charge in [0.2, 0.25) is 5.91 Å². The highest BCUT2D eigenvalue weighted by Crippen LogP contribution is 2.36. The van der Waals surface area contributed by atoms with Crippen molar-refractivity contribution in [1.29, 1.82) is 0 Å². The Morgan fingerprint density at radius 1 is 0.914 bits per heavy atom. The largest absolute Gasteiger partial charge is 0.465 e. The van der Waals surface area contributed by atoms with Gasteiger partial charge in [0.15, 0.2) is 0 Å². The van der Waals surface area contributed by atoms with Crippen LogP contribution in [0.2, 0.25) is 0 Å². The van der Waals surface area contributed by atoms with Gasteiger partial charge in [-0.1, -0.05) is 72.8 Å². The molecule has 2 aromatic heterocycles. The second kappa shape index (κ2) is 8.93. The fourth-order valence-corrected chi connectivity index (χ4v) is 5.04. The molecule has 1 amide bonds. The van der Waals surface area contributed by atoms with Gasteiger partial charge < -0.3 is 14.7 Å². The van der Waals surface area contributed by atoms with Crippen LogP contribution in [0.3, 0.4) is 0 Å². The molecule has 0 spiro atoms. The molecule has 2 atom stereocenters. The van der Waals surface area contributed by atoms with Gasteiger partial charge in [0.1, 0.15) is 11.5 Å². The van der Waals surface area contributed by atoms with E-state index in [4.69, 9.17) is 4.42 Å². The van der Waals surface area contributed by atoms with Gasteiger partial charge in [-0.25, -0.2) is 0 Å². The quantitative estimate of drug-likeness (QED) is 0.316. The van der Waals surface area contributed by atoms with Crippen LogP contribution in [-0.2, 0) is 17.8 Å².